The second kappa shape index (κ2) is 9.65. The highest BCUT2D eigenvalue weighted by atomic mass is 32.2. The predicted octanol–water partition coefficient (Wildman–Crippen LogP) is 3.27. The highest BCUT2D eigenvalue weighted by Crippen LogP contribution is 2.26. The van der Waals surface area contributed by atoms with Gasteiger partial charge in [0, 0.05) is 32.0 Å². The van der Waals surface area contributed by atoms with E-state index in [9.17, 15) is 24.8 Å². The third-order valence-electron chi connectivity index (χ3n) is 4.95. The maximum Gasteiger partial charge on any atom is 0.333 e. The van der Waals surface area contributed by atoms with Crippen molar-refractivity contribution in [3.05, 3.63) is 96.2 Å². The van der Waals surface area contributed by atoms with Crippen LogP contribution in [0, 0.1) is 10.1 Å². The van der Waals surface area contributed by atoms with Gasteiger partial charge >= 0.3 is 5.69 Å². The molecule has 0 amide bonds. The monoisotopic (exact) mass is 454 g/mol. The number of aromatic hydroxyl groups is 1. The van der Waals surface area contributed by atoms with Gasteiger partial charge in [-0.3, -0.25) is 24.0 Å². The van der Waals surface area contributed by atoms with Crippen molar-refractivity contribution in [2.75, 3.05) is 0 Å². The predicted molar refractivity (Wildman–Crippen MR) is 125 cm³/mol. The minimum Gasteiger partial charge on any atom is -0.494 e. The summed E-state index contributed by atoms with van der Waals surface area (Å²) < 4.78 is 1.90. The van der Waals surface area contributed by atoms with Crippen molar-refractivity contribution in [2.24, 2.45) is 19.1 Å². The number of nitro groups is 1. The molecule has 0 fully saturated rings. The number of aliphatic imine (C=N–C) groups is 1. The van der Waals surface area contributed by atoms with Gasteiger partial charge in [-0.2, -0.15) is 0 Å². The van der Waals surface area contributed by atoms with Crippen molar-refractivity contribution >= 4 is 28.2 Å². The molecule has 0 spiro atoms. The van der Waals surface area contributed by atoms with E-state index in [1.165, 1.54) is 38.0 Å². The molecule has 0 saturated heterocycles. The number of thioether (sulfide) groups is 1. The summed E-state index contributed by atoms with van der Waals surface area (Å²) in [6.45, 7) is 2.04. The van der Waals surface area contributed by atoms with Gasteiger partial charge in [-0.15, -0.1) is 11.8 Å². The molecule has 0 bridgehead atoms. The molecular weight excluding hydrogens is 432 g/mol. The highest BCUT2D eigenvalue weighted by Gasteiger charge is 2.21. The maximum absolute atomic E-state index is 12.8. The van der Waals surface area contributed by atoms with Gasteiger partial charge in [-0.25, -0.2) is 9.79 Å². The number of nitro benzene ring substituents is 1. The van der Waals surface area contributed by atoms with Gasteiger partial charge in [0.05, 0.1) is 10.6 Å². The summed E-state index contributed by atoms with van der Waals surface area (Å²) in [5.74, 6) is -0.131. The molecule has 2 aromatic carbocycles. The Balaban J connectivity index is 2.06. The quantitative estimate of drug-likeness (QED) is 0.264. The SMILES string of the molecule is CCc1ccc(N=C(SCc2ccc([N+](=O)[O-])cc2)c2c(O)n(C)c(=O)n(C)c2=O)cc1. The number of nitrogens with zero attached hydrogens (tertiary/aromatic N) is 4. The van der Waals surface area contributed by atoms with E-state index in [0.717, 1.165) is 26.7 Å². The first-order chi connectivity index (χ1) is 15.2. The molecule has 3 rings (SSSR count). The number of aromatic nitrogens is 2. The second-order valence-electron chi connectivity index (χ2n) is 7.05. The minimum absolute atomic E-state index is 0.0202. The number of non-ortho nitro benzene ring substituents is 1. The van der Waals surface area contributed by atoms with Crippen LogP contribution >= 0.6 is 11.8 Å². The Morgan fingerprint density at radius 2 is 1.62 bits per heavy atom. The third kappa shape index (κ3) is 4.80. The van der Waals surface area contributed by atoms with Crippen LogP contribution in [0.3, 0.4) is 0 Å². The summed E-state index contributed by atoms with van der Waals surface area (Å²) in [6.07, 6.45) is 0.869. The van der Waals surface area contributed by atoms with Gasteiger partial charge in [0.1, 0.15) is 10.6 Å². The van der Waals surface area contributed by atoms with E-state index in [4.69, 9.17) is 0 Å². The molecule has 166 valence electrons. The van der Waals surface area contributed by atoms with Crippen LogP contribution in [0.5, 0.6) is 5.88 Å². The molecule has 0 aliphatic rings. The largest absolute Gasteiger partial charge is 0.494 e. The zero-order valence-corrected chi connectivity index (χ0v) is 18.6. The Bertz CT molecular complexity index is 1290. The maximum atomic E-state index is 12.8. The van der Waals surface area contributed by atoms with Crippen LogP contribution in [0.4, 0.5) is 11.4 Å². The summed E-state index contributed by atoms with van der Waals surface area (Å²) in [5, 5.41) is 21.7. The van der Waals surface area contributed by atoms with E-state index in [1.807, 2.05) is 31.2 Å². The molecule has 0 unspecified atom stereocenters. The van der Waals surface area contributed by atoms with Crippen molar-refractivity contribution in [2.45, 2.75) is 19.1 Å². The normalized spacial score (nSPS) is 11.5. The Morgan fingerprint density at radius 3 is 2.19 bits per heavy atom. The lowest BCUT2D eigenvalue weighted by Gasteiger charge is -2.12. The molecule has 0 saturated carbocycles. The molecule has 0 atom stereocenters. The van der Waals surface area contributed by atoms with Crippen molar-refractivity contribution in [1.29, 1.82) is 0 Å². The molecule has 1 N–H and O–H groups in total. The van der Waals surface area contributed by atoms with E-state index in [1.54, 1.807) is 12.1 Å². The Kier molecular flexibility index (Phi) is 6.94. The summed E-state index contributed by atoms with van der Waals surface area (Å²) in [7, 11) is 2.71. The first-order valence-electron chi connectivity index (χ1n) is 9.76. The van der Waals surface area contributed by atoms with Crippen LogP contribution in [0.1, 0.15) is 23.6 Å². The Morgan fingerprint density at radius 1 is 1.03 bits per heavy atom. The van der Waals surface area contributed by atoms with Crippen LogP contribution in [0.15, 0.2) is 63.1 Å². The van der Waals surface area contributed by atoms with Crippen molar-refractivity contribution in [3.63, 3.8) is 0 Å². The number of hydrogen-bond donors (Lipinski definition) is 1. The Labute approximate surface area is 187 Å². The zero-order chi connectivity index (χ0) is 23.4. The summed E-state index contributed by atoms with van der Waals surface area (Å²) >= 11 is 1.19. The third-order valence-corrected chi connectivity index (χ3v) is 5.99. The van der Waals surface area contributed by atoms with E-state index in [2.05, 4.69) is 4.99 Å². The molecule has 0 aliphatic carbocycles. The van der Waals surface area contributed by atoms with Crippen LogP contribution in [-0.2, 0) is 26.3 Å². The van der Waals surface area contributed by atoms with Gasteiger partial charge in [0.2, 0.25) is 5.88 Å². The van der Waals surface area contributed by atoms with Gasteiger partial charge in [-0.1, -0.05) is 31.2 Å². The molecule has 1 heterocycles. The van der Waals surface area contributed by atoms with Crippen LogP contribution < -0.4 is 11.2 Å². The average molecular weight is 455 g/mol. The zero-order valence-electron chi connectivity index (χ0n) is 17.8. The van der Waals surface area contributed by atoms with E-state index < -0.39 is 22.1 Å². The first-order valence-corrected chi connectivity index (χ1v) is 10.7. The molecule has 32 heavy (non-hydrogen) atoms. The summed E-state index contributed by atoms with van der Waals surface area (Å²) in [5.41, 5.74) is 1.08. The molecule has 1 aromatic heterocycles. The molecule has 3 aromatic rings. The van der Waals surface area contributed by atoms with Crippen molar-refractivity contribution < 1.29 is 10.0 Å². The minimum atomic E-state index is -0.661. The number of aryl methyl sites for hydroxylation is 1. The summed E-state index contributed by atoms with van der Waals surface area (Å²) in [4.78, 5) is 40.0. The fourth-order valence-corrected chi connectivity index (χ4v) is 3.96. The van der Waals surface area contributed by atoms with Gasteiger partial charge in [0.15, 0.2) is 0 Å². The Hall–Kier alpha value is -3.66. The van der Waals surface area contributed by atoms with Crippen LogP contribution in [-0.4, -0.2) is 24.2 Å². The molecular formula is C22H22N4O5S. The van der Waals surface area contributed by atoms with E-state index in [-0.39, 0.29) is 16.3 Å². The van der Waals surface area contributed by atoms with Crippen LogP contribution in [0.2, 0.25) is 0 Å². The van der Waals surface area contributed by atoms with Crippen LogP contribution in [0.25, 0.3) is 0 Å². The highest BCUT2D eigenvalue weighted by molar-refractivity contribution is 8.13. The fraction of sp³-hybridized carbons (Fsp3) is 0.227. The van der Waals surface area contributed by atoms with E-state index in [0.29, 0.717) is 11.4 Å². The number of benzene rings is 2. The lowest BCUT2D eigenvalue weighted by atomic mass is 10.1. The molecule has 0 aliphatic heterocycles. The van der Waals surface area contributed by atoms with Crippen molar-refractivity contribution in [1.82, 2.24) is 9.13 Å². The lowest BCUT2D eigenvalue weighted by molar-refractivity contribution is -0.384. The van der Waals surface area contributed by atoms with Gasteiger partial charge < -0.3 is 5.11 Å². The summed E-state index contributed by atoms with van der Waals surface area (Å²) in [6, 6.07) is 13.5. The van der Waals surface area contributed by atoms with Gasteiger partial charge in [-0.05, 0) is 29.7 Å². The van der Waals surface area contributed by atoms with Gasteiger partial charge in [0.25, 0.3) is 11.2 Å². The molecule has 10 heteroatoms. The number of hydrogen-bond acceptors (Lipinski definition) is 7. The van der Waals surface area contributed by atoms with E-state index >= 15 is 0 Å². The lowest BCUT2D eigenvalue weighted by Crippen LogP contribution is -2.39. The van der Waals surface area contributed by atoms with Crippen molar-refractivity contribution in [3.8, 4) is 5.88 Å². The topological polar surface area (TPSA) is 120 Å². The average Bonchev–Trinajstić information content (AvgIpc) is 2.80. The molecule has 9 nitrogen and oxygen atoms in total. The standard InChI is InChI=1S/C22H22N4O5S/c1-4-14-5-9-16(10-6-14)23-19(18-20(27)24(2)22(29)25(3)21(18)28)32-13-15-7-11-17(12-8-15)26(30)31/h5-12,27H,4,13H2,1-3H3. The molecule has 0 radical (unpaired) electrons. The fourth-order valence-electron chi connectivity index (χ4n) is 2.97. The first kappa shape index (κ1) is 23.0. The smallest absolute Gasteiger partial charge is 0.333 e. The second-order valence-corrected chi connectivity index (χ2v) is 8.02. The number of rotatable bonds is 6.